The number of benzene rings is 5. The molecule has 262 valence electrons. The van der Waals surface area contributed by atoms with E-state index in [1.54, 1.807) is 37.4 Å². The van der Waals surface area contributed by atoms with Crippen LogP contribution < -0.4 is 104 Å². The maximum Gasteiger partial charge on any atom is 1.00 e. The van der Waals surface area contributed by atoms with Gasteiger partial charge in [0.25, 0.3) is 10.1 Å². The van der Waals surface area contributed by atoms with E-state index < -0.39 is 73.6 Å². The molecule has 0 radical (unpaired) electrons. The van der Waals surface area contributed by atoms with Crippen molar-refractivity contribution >= 4 is 86.5 Å². The normalized spacial score (nSPS) is 11.8. The number of para-hydroxylation sites is 1. The van der Waals surface area contributed by atoms with Gasteiger partial charge in [0.2, 0.25) is 11.9 Å². The maximum absolute atomic E-state index is 14.4. The van der Waals surface area contributed by atoms with Crippen LogP contribution in [0.15, 0.2) is 110 Å². The second-order valence-corrected chi connectivity index (χ2v) is 14.6. The molecular formula is C30H19FN7Na3O10S3. The number of nitrogens with zero attached hydrogens (tertiary/aromatic N) is 6. The Kier molecular flexibility index (Phi) is 14.9. The summed E-state index contributed by atoms with van der Waals surface area (Å²) in [6.45, 7) is 0. The van der Waals surface area contributed by atoms with Crippen LogP contribution in [0.3, 0.4) is 0 Å². The van der Waals surface area contributed by atoms with Crippen LogP contribution in [0.25, 0.3) is 21.5 Å². The average molecular weight is 822 g/mol. The predicted molar refractivity (Wildman–Crippen MR) is 175 cm³/mol. The number of fused-ring (bicyclic) bond motifs is 2. The van der Waals surface area contributed by atoms with Gasteiger partial charge < -0.3 is 24.4 Å². The van der Waals surface area contributed by atoms with Crippen molar-refractivity contribution in [3.63, 3.8) is 0 Å². The summed E-state index contributed by atoms with van der Waals surface area (Å²) in [7, 11) is -14.2. The van der Waals surface area contributed by atoms with E-state index in [1.807, 2.05) is 0 Å². The summed E-state index contributed by atoms with van der Waals surface area (Å²) in [5, 5.41) is 22.3. The number of hydrogen-bond acceptors (Lipinski definition) is 16. The molecule has 6 rings (SSSR count). The largest absolute Gasteiger partial charge is 1.00 e. The van der Waals surface area contributed by atoms with Gasteiger partial charge in [0.05, 0.1) is 15.5 Å². The van der Waals surface area contributed by atoms with Gasteiger partial charge in [0, 0.05) is 29.2 Å². The minimum Gasteiger partial charge on any atom is -0.871 e. The van der Waals surface area contributed by atoms with Gasteiger partial charge in [-0.1, -0.05) is 48.2 Å². The van der Waals surface area contributed by atoms with Gasteiger partial charge in [-0.05, 0) is 53.2 Å². The Bertz CT molecular complexity index is 2770. The fourth-order valence-corrected chi connectivity index (χ4v) is 7.27. The molecule has 0 amide bonds. The van der Waals surface area contributed by atoms with Crippen molar-refractivity contribution in [2.24, 2.45) is 10.2 Å². The Hall–Kier alpha value is -2.71. The summed E-state index contributed by atoms with van der Waals surface area (Å²) in [5.41, 5.74) is -0.928. The third-order valence-corrected chi connectivity index (χ3v) is 10.0. The molecule has 5 aromatic carbocycles. The van der Waals surface area contributed by atoms with E-state index in [1.165, 1.54) is 23.1 Å². The van der Waals surface area contributed by atoms with Crippen LogP contribution in [-0.2, 0) is 30.4 Å². The number of rotatable bonds is 9. The first-order chi connectivity index (χ1) is 23.9. The number of aromatic nitrogens is 3. The van der Waals surface area contributed by atoms with Crippen molar-refractivity contribution in [1.29, 1.82) is 0 Å². The van der Waals surface area contributed by atoms with Crippen LogP contribution in [0, 0.1) is 6.08 Å². The molecule has 17 nitrogen and oxygen atoms in total. The number of nitrogens with one attached hydrogen (secondary N) is 1. The number of anilines is 4. The Morgan fingerprint density at radius 2 is 1.39 bits per heavy atom. The number of azo groups is 1. The zero-order valence-electron chi connectivity index (χ0n) is 28.5. The minimum absolute atomic E-state index is 0. The van der Waals surface area contributed by atoms with E-state index in [0.29, 0.717) is 5.69 Å². The van der Waals surface area contributed by atoms with Gasteiger partial charge in [-0.25, -0.2) is 16.8 Å². The fourth-order valence-electron chi connectivity index (χ4n) is 5.10. The standard InChI is InChI=1S/C30H22FN7O10S3.3Na/c1-38(18-6-3-2-4-7-18)30-34-28(31)33-29(35-30)32-17-10-11-19-16(14-17)15-24(50(43,44)45)25(26(19)39)37-36-22-13-12-20-21(27(22)51(46,47)48)8-5-9-23(20)49(40,41)42;;;/h2-15,39H,1H3,(H,40,41,42)(H,43,44,45)(H,46,47,48)(H,32,33,34,35);;;/q;3*+1/p-3. The van der Waals surface area contributed by atoms with Gasteiger partial charge in [-0.2, -0.15) is 27.8 Å². The Morgan fingerprint density at radius 3 is 2.02 bits per heavy atom. The zero-order valence-corrected chi connectivity index (χ0v) is 36.9. The van der Waals surface area contributed by atoms with E-state index in [-0.39, 0.29) is 122 Å². The van der Waals surface area contributed by atoms with Crippen molar-refractivity contribution in [2.45, 2.75) is 14.7 Å². The fraction of sp³-hybridized carbons (Fsp3) is 0.0333. The molecule has 1 aromatic heterocycles. The molecule has 0 aliphatic carbocycles. The Morgan fingerprint density at radius 1 is 0.741 bits per heavy atom. The smallest absolute Gasteiger partial charge is 0.871 e. The van der Waals surface area contributed by atoms with Crippen molar-refractivity contribution in [3.05, 3.63) is 91.0 Å². The van der Waals surface area contributed by atoms with Gasteiger partial charge in [-0.3, -0.25) is 4.55 Å². The molecule has 54 heavy (non-hydrogen) atoms. The molecule has 0 saturated carbocycles. The molecule has 0 atom stereocenters. The summed E-state index contributed by atoms with van der Waals surface area (Å²) in [6, 6.07) is 18.2. The van der Waals surface area contributed by atoms with E-state index in [2.05, 4.69) is 30.5 Å². The molecule has 0 unspecified atom stereocenters. The van der Waals surface area contributed by atoms with E-state index in [4.69, 9.17) is 0 Å². The summed E-state index contributed by atoms with van der Waals surface area (Å²) in [6.07, 6.45) is -1.12. The summed E-state index contributed by atoms with van der Waals surface area (Å²) in [5.74, 6) is -1.44. The van der Waals surface area contributed by atoms with Gasteiger partial charge in [-0.15, -0.1) is 10.2 Å². The van der Waals surface area contributed by atoms with E-state index in [0.717, 1.165) is 36.4 Å². The molecule has 0 aliphatic heterocycles. The van der Waals surface area contributed by atoms with Crippen LogP contribution >= 0.6 is 0 Å². The number of halogens is 1. The van der Waals surface area contributed by atoms with Crippen molar-refractivity contribution < 1.29 is 137 Å². The van der Waals surface area contributed by atoms with Crippen molar-refractivity contribution in [2.75, 3.05) is 17.3 Å². The van der Waals surface area contributed by atoms with Crippen molar-refractivity contribution in [3.8, 4) is 5.75 Å². The summed E-state index contributed by atoms with van der Waals surface area (Å²) >= 11 is 0. The molecule has 0 bridgehead atoms. The first-order valence-corrected chi connectivity index (χ1v) is 18.3. The summed E-state index contributed by atoms with van der Waals surface area (Å²) < 4.78 is 121. The number of hydrogen-bond donors (Lipinski definition) is 2. The molecule has 0 aliphatic rings. The molecule has 1 heterocycles. The Labute approximate surface area is 373 Å². The second kappa shape index (κ2) is 17.6. The van der Waals surface area contributed by atoms with Crippen LogP contribution in [0.2, 0.25) is 0 Å². The SMILES string of the molecule is CN(c1ccccc1)c1nc(F)nc(Nc2ccc3c([O-])c(N=Nc4ccc5c(S(=O)(=O)[O-])cccc5c4S(=O)(=O)O)c(S(=O)(=O)[O-])cc3c2)n1.[Na+].[Na+].[Na+]. The van der Waals surface area contributed by atoms with Gasteiger partial charge in [0.1, 0.15) is 30.8 Å². The maximum atomic E-state index is 14.4. The minimum atomic E-state index is -5.45. The quantitative estimate of drug-likeness (QED) is 0.0789. The first kappa shape index (κ1) is 45.7. The van der Waals surface area contributed by atoms with Crippen LogP contribution in [-0.4, -0.2) is 60.9 Å². The molecule has 0 spiro atoms. The van der Waals surface area contributed by atoms with Gasteiger partial charge >= 0.3 is 94.8 Å². The molecule has 6 aromatic rings. The monoisotopic (exact) mass is 821 g/mol. The Balaban J connectivity index is 0.00000261. The van der Waals surface area contributed by atoms with E-state index >= 15 is 0 Å². The van der Waals surface area contributed by atoms with E-state index in [9.17, 15) is 48.4 Å². The third kappa shape index (κ3) is 9.80. The third-order valence-electron chi connectivity index (χ3n) is 7.33. The van der Waals surface area contributed by atoms with Crippen LogP contribution in [0.4, 0.5) is 39.0 Å². The van der Waals surface area contributed by atoms with Crippen molar-refractivity contribution in [1.82, 2.24) is 15.0 Å². The van der Waals surface area contributed by atoms with Crippen LogP contribution in [0.1, 0.15) is 0 Å². The molecule has 24 heteroatoms. The predicted octanol–water partition coefficient (Wildman–Crippen LogP) is -4.62. The molecule has 2 N–H and O–H groups in total. The second-order valence-electron chi connectivity index (χ2n) is 10.6. The average Bonchev–Trinajstić information content (AvgIpc) is 3.05. The first-order valence-electron chi connectivity index (χ1n) is 14.0. The molecular weight excluding hydrogens is 803 g/mol. The topological polar surface area (TPSA) is 270 Å². The van der Waals surface area contributed by atoms with Gasteiger partial charge in [0.15, 0.2) is 0 Å². The zero-order chi connectivity index (χ0) is 36.9. The summed E-state index contributed by atoms with van der Waals surface area (Å²) in [4.78, 5) is 10.0. The van der Waals surface area contributed by atoms with Crippen LogP contribution in [0.5, 0.6) is 5.75 Å². The molecule has 0 saturated heterocycles. The molecule has 0 fully saturated rings.